The predicted octanol–water partition coefficient (Wildman–Crippen LogP) is 3.54. The summed E-state index contributed by atoms with van der Waals surface area (Å²) in [5.74, 6) is 1.73. The number of hydrogen-bond donors (Lipinski definition) is 0. The molecule has 0 saturated heterocycles. The van der Waals surface area contributed by atoms with E-state index in [1.165, 1.54) is 0 Å². The summed E-state index contributed by atoms with van der Waals surface area (Å²) >= 11 is 1.60. The van der Waals surface area contributed by atoms with Crippen molar-refractivity contribution in [3.8, 4) is 11.5 Å². The Bertz CT molecular complexity index is 789. The van der Waals surface area contributed by atoms with Gasteiger partial charge in [-0.1, -0.05) is 18.2 Å². The molecule has 0 fully saturated rings. The highest BCUT2D eigenvalue weighted by atomic mass is 32.1. The van der Waals surface area contributed by atoms with Gasteiger partial charge in [0.05, 0.1) is 6.54 Å². The van der Waals surface area contributed by atoms with Crippen molar-refractivity contribution >= 4 is 28.3 Å². The molecule has 2 heterocycles. The lowest BCUT2D eigenvalue weighted by molar-refractivity contribution is 0.479. The van der Waals surface area contributed by atoms with Crippen molar-refractivity contribution in [1.82, 2.24) is 14.8 Å². The van der Waals surface area contributed by atoms with E-state index in [-0.39, 0.29) is 0 Å². The van der Waals surface area contributed by atoms with Crippen molar-refractivity contribution in [3.05, 3.63) is 40.7 Å². The number of guanidine groups is 1. The average Bonchev–Trinajstić information content (AvgIpc) is 3.12. The summed E-state index contributed by atoms with van der Waals surface area (Å²) in [6, 6.07) is 10.0. The van der Waals surface area contributed by atoms with Crippen LogP contribution < -0.4 is 0 Å². The van der Waals surface area contributed by atoms with Gasteiger partial charge in [0.2, 0.25) is 0 Å². The van der Waals surface area contributed by atoms with Crippen LogP contribution in [0.15, 0.2) is 45.1 Å². The average molecular weight is 328 g/mol. The van der Waals surface area contributed by atoms with E-state index in [1.807, 2.05) is 73.7 Å². The van der Waals surface area contributed by atoms with Crippen LogP contribution in [-0.4, -0.2) is 48.9 Å². The summed E-state index contributed by atoms with van der Waals surface area (Å²) in [5, 5.41) is 4.09. The number of nitrogens with zero attached hydrogens (tertiary/aromatic N) is 4. The van der Waals surface area contributed by atoms with Crippen molar-refractivity contribution in [2.45, 2.75) is 6.54 Å². The zero-order chi connectivity index (χ0) is 16.4. The largest absolute Gasteiger partial charge is 0.454 e. The minimum Gasteiger partial charge on any atom is -0.454 e. The summed E-state index contributed by atoms with van der Waals surface area (Å²) in [4.78, 5) is 13.3. The van der Waals surface area contributed by atoms with Crippen LogP contribution in [0.3, 0.4) is 0 Å². The molecule has 0 unspecified atom stereocenters. The van der Waals surface area contributed by atoms with E-state index in [0.29, 0.717) is 6.54 Å². The van der Waals surface area contributed by atoms with Crippen LogP contribution >= 0.6 is 11.3 Å². The molecule has 120 valence electrons. The zero-order valence-electron chi connectivity index (χ0n) is 13.8. The van der Waals surface area contributed by atoms with Gasteiger partial charge in [0.1, 0.15) is 16.3 Å². The Morgan fingerprint density at radius 3 is 2.61 bits per heavy atom. The second-order valence-corrected chi connectivity index (χ2v) is 6.62. The number of rotatable bonds is 3. The van der Waals surface area contributed by atoms with Crippen molar-refractivity contribution in [2.24, 2.45) is 4.99 Å². The lowest BCUT2D eigenvalue weighted by Crippen LogP contribution is -2.35. The lowest BCUT2D eigenvalue weighted by atomic mass is 10.2. The number of furan rings is 1. The van der Waals surface area contributed by atoms with E-state index in [4.69, 9.17) is 4.42 Å². The molecule has 3 aromatic rings. The molecule has 23 heavy (non-hydrogen) atoms. The molecule has 0 saturated carbocycles. The van der Waals surface area contributed by atoms with Crippen LogP contribution in [0, 0.1) is 0 Å². The van der Waals surface area contributed by atoms with Crippen LogP contribution in [0.4, 0.5) is 0 Å². The van der Waals surface area contributed by atoms with Crippen LogP contribution in [0.5, 0.6) is 0 Å². The smallest absolute Gasteiger partial charge is 0.195 e. The quantitative estimate of drug-likeness (QED) is 0.545. The zero-order valence-corrected chi connectivity index (χ0v) is 14.6. The summed E-state index contributed by atoms with van der Waals surface area (Å²) in [6.45, 7) is 0.566. The SMILES string of the molecule is CN(C)C(=NCc1nc(-c2cc3ccccc3o2)cs1)N(C)C. The van der Waals surface area contributed by atoms with Crippen LogP contribution in [0.25, 0.3) is 22.4 Å². The number of aromatic nitrogens is 1. The van der Waals surface area contributed by atoms with E-state index in [1.54, 1.807) is 11.3 Å². The predicted molar refractivity (Wildman–Crippen MR) is 95.8 cm³/mol. The standard InChI is InChI=1S/C17H20N4OS/c1-20(2)17(21(3)4)18-10-16-19-13(11-23-16)15-9-12-7-5-6-8-14(12)22-15/h5-9,11H,10H2,1-4H3. The van der Waals surface area contributed by atoms with E-state index >= 15 is 0 Å². The summed E-state index contributed by atoms with van der Waals surface area (Å²) in [7, 11) is 7.95. The Morgan fingerprint density at radius 1 is 1.17 bits per heavy atom. The second-order valence-electron chi connectivity index (χ2n) is 5.68. The van der Waals surface area contributed by atoms with E-state index in [2.05, 4.69) is 9.98 Å². The van der Waals surface area contributed by atoms with Gasteiger partial charge >= 0.3 is 0 Å². The first-order chi connectivity index (χ1) is 11.0. The number of aliphatic imine (C=N–C) groups is 1. The Hall–Kier alpha value is -2.34. The molecule has 0 spiro atoms. The van der Waals surface area contributed by atoms with Gasteiger partial charge in [-0.15, -0.1) is 11.3 Å². The minimum absolute atomic E-state index is 0.566. The van der Waals surface area contributed by atoms with Gasteiger partial charge in [0.15, 0.2) is 11.7 Å². The fourth-order valence-corrected chi connectivity index (χ4v) is 3.13. The molecule has 0 aliphatic heterocycles. The van der Waals surface area contributed by atoms with Crippen LogP contribution in [0.2, 0.25) is 0 Å². The Labute approximate surface area is 139 Å². The highest BCUT2D eigenvalue weighted by Crippen LogP contribution is 2.28. The second kappa shape index (κ2) is 6.42. The van der Waals surface area contributed by atoms with Gasteiger partial charge in [-0.05, 0) is 12.1 Å². The highest BCUT2D eigenvalue weighted by Gasteiger charge is 2.10. The first-order valence-electron chi connectivity index (χ1n) is 7.37. The number of fused-ring (bicyclic) bond motifs is 1. The van der Waals surface area contributed by atoms with Crippen molar-refractivity contribution in [3.63, 3.8) is 0 Å². The normalized spacial score (nSPS) is 10.8. The molecule has 0 bridgehead atoms. The highest BCUT2D eigenvalue weighted by molar-refractivity contribution is 7.09. The van der Waals surface area contributed by atoms with Crippen LogP contribution in [0.1, 0.15) is 5.01 Å². The van der Waals surface area contributed by atoms with Crippen LogP contribution in [-0.2, 0) is 6.54 Å². The number of benzene rings is 1. The van der Waals surface area contributed by atoms with E-state index < -0.39 is 0 Å². The molecule has 6 heteroatoms. The van der Waals surface area contributed by atoms with Crippen molar-refractivity contribution in [2.75, 3.05) is 28.2 Å². The van der Waals surface area contributed by atoms with Gasteiger partial charge in [0, 0.05) is 39.0 Å². The maximum atomic E-state index is 5.86. The minimum atomic E-state index is 0.566. The Kier molecular flexibility index (Phi) is 4.34. The molecule has 0 atom stereocenters. The fourth-order valence-electron chi connectivity index (χ4n) is 2.43. The first kappa shape index (κ1) is 15.6. The Morgan fingerprint density at radius 2 is 1.91 bits per heavy atom. The lowest BCUT2D eigenvalue weighted by Gasteiger charge is -2.22. The maximum Gasteiger partial charge on any atom is 0.195 e. The first-order valence-corrected chi connectivity index (χ1v) is 8.25. The molecular weight excluding hydrogens is 308 g/mol. The topological polar surface area (TPSA) is 44.9 Å². The molecule has 0 aliphatic rings. The molecule has 2 aromatic heterocycles. The molecule has 0 aliphatic carbocycles. The molecule has 3 rings (SSSR count). The monoisotopic (exact) mass is 328 g/mol. The molecule has 0 N–H and O–H groups in total. The third kappa shape index (κ3) is 3.37. The fraction of sp³-hybridized carbons (Fsp3) is 0.294. The van der Waals surface area contributed by atoms with Gasteiger partial charge in [-0.25, -0.2) is 9.98 Å². The molecular formula is C17H20N4OS. The number of hydrogen-bond acceptors (Lipinski definition) is 4. The molecule has 1 aromatic carbocycles. The van der Waals surface area contributed by atoms with Gasteiger partial charge in [-0.3, -0.25) is 0 Å². The summed E-state index contributed by atoms with van der Waals surface area (Å²) in [5.41, 5.74) is 1.75. The number of para-hydroxylation sites is 1. The van der Waals surface area contributed by atoms with E-state index in [9.17, 15) is 0 Å². The Balaban J connectivity index is 1.81. The summed E-state index contributed by atoms with van der Waals surface area (Å²) < 4.78 is 5.86. The van der Waals surface area contributed by atoms with Gasteiger partial charge in [0.25, 0.3) is 0 Å². The maximum absolute atomic E-state index is 5.86. The van der Waals surface area contributed by atoms with Crippen molar-refractivity contribution in [1.29, 1.82) is 0 Å². The third-order valence-corrected chi connectivity index (χ3v) is 4.22. The van der Waals surface area contributed by atoms with Gasteiger partial charge in [-0.2, -0.15) is 0 Å². The molecule has 0 amide bonds. The van der Waals surface area contributed by atoms with E-state index in [0.717, 1.165) is 33.4 Å². The third-order valence-electron chi connectivity index (χ3n) is 3.39. The summed E-state index contributed by atoms with van der Waals surface area (Å²) in [6.07, 6.45) is 0. The molecule has 5 nitrogen and oxygen atoms in total. The number of thiazole rings is 1. The van der Waals surface area contributed by atoms with Crippen molar-refractivity contribution < 1.29 is 4.42 Å². The van der Waals surface area contributed by atoms with Gasteiger partial charge < -0.3 is 14.2 Å². The molecule has 0 radical (unpaired) electrons.